The molecular weight excluding hydrogens is 400 g/mol. The number of hydrogen-bond donors (Lipinski definition) is 2. The molecule has 0 aliphatic carbocycles. The number of carbonyl (C=O) groups excluding carboxylic acids is 4. The van der Waals surface area contributed by atoms with Crippen LogP contribution in [0.4, 0.5) is 0 Å². The molecule has 1 aliphatic heterocycles. The molecule has 0 saturated carbocycles. The van der Waals surface area contributed by atoms with E-state index >= 15 is 0 Å². The molecule has 31 heavy (non-hydrogen) atoms. The van der Waals surface area contributed by atoms with Crippen molar-refractivity contribution in [3.8, 4) is 0 Å². The van der Waals surface area contributed by atoms with Gasteiger partial charge in [0.05, 0.1) is 28.5 Å². The van der Waals surface area contributed by atoms with Crippen molar-refractivity contribution >= 4 is 29.2 Å². The predicted octanol–water partition coefficient (Wildman–Crippen LogP) is 2.16. The summed E-state index contributed by atoms with van der Waals surface area (Å²) in [6.45, 7) is 3.83. The van der Waals surface area contributed by atoms with Crippen molar-refractivity contribution in [1.29, 1.82) is 5.53 Å². The zero-order valence-electron chi connectivity index (χ0n) is 17.3. The lowest BCUT2D eigenvalue weighted by atomic mass is 9.94. The quantitative estimate of drug-likeness (QED) is 0.168. The Morgan fingerprint density at radius 1 is 1.26 bits per heavy atom. The SMILES string of the molecule is CCOC(=O)c1cc(C2CCN(Cc3ccccc3)C2=O)c(C(=O)C(=[N+]=N)C(C)=O)[nH]1. The minimum atomic E-state index is -0.831. The maximum Gasteiger partial charge on any atom is 0.455 e. The van der Waals surface area contributed by atoms with E-state index in [-0.39, 0.29) is 23.9 Å². The summed E-state index contributed by atoms with van der Waals surface area (Å²) >= 11 is 0. The molecule has 160 valence electrons. The Bertz CT molecular complexity index is 1080. The molecule has 2 aromatic rings. The van der Waals surface area contributed by atoms with Crippen LogP contribution in [0.15, 0.2) is 36.4 Å². The van der Waals surface area contributed by atoms with Gasteiger partial charge in [0.15, 0.2) is 0 Å². The number of esters is 1. The van der Waals surface area contributed by atoms with E-state index in [2.05, 4.69) is 9.77 Å². The molecule has 1 unspecified atom stereocenters. The number of carbonyl (C=O) groups is 4. The predicted molar refractivity (Wildman–Crippen MR) is 109 cm³/mol. The van der Waals surface area contributed by atoms with Crippen LogP contribution in [0, 0.1) is 5.53 Å². The Balaban J connectivity index is 1.96. The van der Waals surface area contributed by atoms with Crippen LogP contribution in [0.25, 0.3) is 0 Å². The van der Waals surface area contributed by atoms with E-state index in [0.29, 0.717) is 25.1 Å². The lowest BCUT2D eigenvalue weighted by Gasteiger charge is -2.17. The van der Waals surface area contributed by atoms with Crippen LogP contribution in [-0.4, -0.2) is 57.0 Å². The number of benzene rings is 1. The van der Waals surface area contributed by atoms with E-state index < -0.39 is 29.2 Å². The molecule has 0 bridgehead atoms. The first kappa shape index (κ1) is 21.9. The van der Waals surface area contributed by atoms with Gasteiger partial charge in [-0.2, -0.15) is 0 Å². The molecule has 1 aromatic carbocycles. The van der Waals surface area contributed by atoms with Crippen LogP contribution < -0.4 is 0 Å². The molecule has 0 spiro atoms. The summed E-state index contributed by atoms with van der Waals surface area (Å²) in [6, 6.07) is 11.0. The van der Waals surface area contributed by atoms with Gasteiger partial charge in [0, 0.05) is 20.0 Å². The highest BCUT2D eigenvalue weighted by atomic mass is 16.5. The van der Waals surface area contributed by atoms with E-state index in [1.54, 1.807) is 11.8 Å². The topological polar surface area (TPSA) is 134 Å². The number of ketones is 2. The van der Waals surface area contributed by atoms with Gasteiger partial charge in [-0.05, 0) is 30.5 Å². The molecule has 2 N–H and O–H groups in total. The van der Waals surface area contributed by atoms with Gasteiger partial charge in [-0.3, -0.25) is 14.4 Å². The fourth-order valence-corrected chi connectivity index (χ4v) is 3.65. The third-order valence-electron chi connectivity index (χ3n) is 5.12. The van der Waals surface area contributed by atoms with E-state index in [9.17, 15) is 19.2 Å². The fourth-order valence-electron chi connectivity index (χ4n) is 3.65. The zero-order chi connectivity index (χ0) is 22.5. The Morgan fingerprint density at radius 3 is 2.58 bits per heavy atom. The second-order valence-electron chi connectivity index (χ2n) is 7.17. The van der Waals surface area contributed by atoms with Crippen LogP contribution in [0.3, 0.4) is 0 Å². The monoisotopic (exact) mass is 423 g/mol. The zero-order valence-corrected chi connectivity index (χ0v) is 17.3. The van der Waals surface area contributed by atoms with Gasteiger partial charge in [-0.15, -0.1) is 0 Å². The minimum absolute atomic E-state index is 0.00221. The number of hydrogen-bond acceptors (Lipinski definition) is 6. The number of aromatic amines is 1. The maximum atomic E-state index is 13.1. The van der Waals surface area contributed by atoms with Crippen molar-refractivity contribution in [1.82, 2.24) is 9.88 Å². The van der Waals surface area contributed by atoms with Gasteiger partial charge in [-0.25, -0.2) is 4.79 Å². The Hall–Kier alpha value is -3.84. The van der Waals surface area contributed by atoms with Crippen LogP contribution >= 0.6 is 0 Å². The van der Waals surface area contributed by atoms with Gasteiger partial charge in [0.1, 0.15) is 5.69 Å². The lowest BCUT2D eigenvalue weighted by molar-refractivity contribution is -0.134. The number of nitrogens with one attached hydrogen (secondary N) is 2. The molecule has 1 aliphatic rings. The molecule has 2 heterocycles. The smallest absolute Gasteiger partial charge is 0.455 e. The lowest BCUT2D eigenvalue weighted by Crippen LogP contribution is -2.28. The Morgan fingerprint density at radius 2 is 1.97 bits per heavy atom. The third kappa shape index (κ3) is 4.51. The summed E-state index contributed by atoms with van der Waals surface area (Å²) in [5.41, 5.74) is 7.78. The second kappa shape index (κ2) is 9.32. The van der Waals surface area contributed by atoms with Crippen molar-refractivity contribution in [2.45, 2.75) is 32.7 Å². The number of rotatable bonds is 8. The molecule has 1 aromatic heterocycles. The first-order valence-electron chi connectivity index (χ1n) is 9.90. The highest BCUT2D eigenvalue weighted by Crippen LogP contribution is 2.33. The summed E-state index contributed by atoms with van der Waals surface area (Å²) in [4.78, 5) is 57.4. The Labute approximate surface area is 178 Å². The summed E-state index contributed by atoms with van der Waals surface area (Å²) < 4.78 is 4.99. The second-order valence-corrected chi connectivity index (χ2v) is 7.17. The van der Waals surface area contributed by atoms with Crippen molar-refractivity contribution in [3.05, 3.63) is 58.9 Å². The first-order valence-corrected chi connectivity index (χ1v) is 9.90. The molecule has 1 saturated heterocycles. The van der Waals surface area contributed by atoms with Crippen LogP contribution in [0.1, 0.15) is 58.3 Å². The molecular formula is C22H23N4O5+. The van der Waals surface area contributed by atoms with Gasteiger partial charge in [0.25, 0.3) is 5.78 Å². The van der Waals surface area contributed by atoms with Crippen molar-refractivity contribution in [2.24, 2.45) is 0 Å². The summed E-state index contributed by atoms with van der Waals surface area (Å²) in [5, 5.41) is 0. The normalized spacial score (nSPS) is 15.5. The summed E-state index contributed by atoms with van der Waals surface area (Å²) in [7, 11) is 0. The van der Waals surface area contributed by atoms with Gasteiger partial charge < -0.3 is 14.6 Å². The standard InChI is InChI=1S/C22H22N4O5/c1-3-31-22(30)17-11-16(19(24-17)20(28)18(25-23)13(2)27)15-9-10-26(21(15)29)12-14-7-5-4-6-8-14/h4-8,11,15H,3,9-10,12H2,1-2H3,(H-,23,24,27,28,30)/p+1. The molecule has 9 heteroatoms. The van der Waals surface area contributed by atoms with Crippen molar-refractivity contribution in [2.75, 3.05) is 13.2 Å². The largest absolute Gasteiger partial charge is 0.461 e. The van der Waals surface area contributed by atoms with Crippen LogP contribution in [-0.2, 0) is 20.9 Å². The van der Waals surface area contributed by atoms with E-state index in [0.717, 1.165) is 12.5 Å². The number of H-pyrrole nitrogens is 1. The minimum Gasteiger partial charge on any atom is -0.461 e. The van der Waals surface area contributed by atoms with E-state index in [4.69, 9.17) is 10.3 Å². The van der Waals surface area contributed by atoms with E-state index in [1.807, 2.05) is 30.3 Å². The number of ether oxygens (including phenoxy) is 1. The van der Waals surface area contributed by atoms with Crippen LogP contribution in [0.2, 0.25) is 0 Å². The average Bonchev–Trinajstić information content (AvgIpc) is 3.33. The highest BCUT2D eigenvalue weighted by molar-refractivity contribution is 6.66. The van der Waals surface area contributed by atoms with Gasteiger partial charge >= 0.3 is 11.7 Å². The van der Waals surface area contributed by atoms with Crippen LogP contribution in [0.5, 0.6) is 0 Å². The maximum absolute atomic E-state index is 13.1. The summed E-state index contributed by atoms with van der Waals surface area (Å²) in [6.07, 6.45) is 0.444. The van der Waals surface area contributed by atoms with E-state index in [1.165, 1.54) is 6.07 Å². The molecule has 1 atom stereocenters. The summed E-state index contributed by atoms with van der Waals surface area (Å²) in [5.74, 6) is -3.04. The van der Waals surface area contributed by atoms with Crippen molar-refractivity contribution < 1.29 is 28.7 Å². The molecule has 0 radical (unpaired) electrons. The fraction of sp³-hybridized carbons (Fsp3) is 0.318. The molecule has 1 fully saturated rings. The number of Topliss-reactive ketones (excluding diaryl/α,β-unsaturated/α-hetero) is 2. The molecule has 9 nitrogen and oxygen atoms in total. The Kier molecular flexibility index (Phi) is 6.57. The first-order chi connectivity index (χ1) is 14.9. The third-order valence-corrected chi connectivity index (χ3v) is 5.12. The van der Waals surface area contributed by atoms with Gasteiger partial charge in [-0.1, -0.05) is 30.3 Å². The molecule has 3 rings (SSSR count). The average molecular weight is 423 g/mol. The van der Waals surface area contributed by atoms with Crippen molar-refractivity contribution in [3.63, 3.8) is 0 Å². The highest BCUT2D eigenvalue weighted by Gasteiger charge is 2.40. The number of amides is 1. The van der Waals surface area contributed by atoms with Gasteiger partial charge in [0.2, 0.25) is 11.7 Å². The number of nitrogens with zero attached hydrogens (tertiary/aromatic N) is 2. The number of aromatic nitrogens is 1. The molecule has 1 amide bonds. The number of likely N-dealkylation sites (tertiary alicyclic amines) is 1.